The highest BCUT2D eigenvalue weighted by Crippen LogP contribution is 2.20. The number of hydrogen-bond acceptors (Lipinski definition) is 3. The van der Waals surface area contributed by atoms with Crippen LogP contribution in [0.3, 0.4) is 0 Å². The van der Waals surface area contributed by atoms with Crippen LogP contribution in [0.15, 0.2) is 0 Å². The van der Waals surface area contributed by atoms with E-state index in [-0.39, 0.29) is 11.9 Å². The molecule has 3 N–H and O–H groups in total. The van der Waals surface area contributed by atoms with Gasteiger partial charge in [-0.2, -0.15) is 0 Å². The van der Waals surface area contributed by atoms with Crippen LogP contribution in [0.5, 0.6) is 0 Å². The fraction of sp³-hybridized carbons (Fsp3) is 0.941. The van der Waals surface area contributed by atoms with E-state index in [2.05, 4.69) is 37.9 Å². The number of carbonyl (C=O) groups is 1. The maximum Gasteiger partial charge on any atom is 0.234 e. The number of hydrogen-bond donors (Lipinski definition) is 2. The SMILES string of the molecule is CC(C)CCCC(C)NC(=O)CN1CC(CN)CCC1C. The van der Waals surface area contributed by atoms with Gasteiger partial charge in [0.05, 0.1) is 6.54 Å². The number of rotatable bonds is 8. The van der Waals surface area contributed by atoms with Gasteiger partial charge in [0.1, 0.15) is 0 Å². The Bertz CT molecular complexity index is 306. The topological polar surface area (TPSA) is 58.4 Å². The van der Waals surface area contributed by atoms with E-state index in [0.717, 1.165) is 31.8 Å². The van der Waals surface area contributed by atoms with Crippen molar-refractivity contribution in [2.75, 3.05) is 19.6 Å². The van der Waals surface area contributed by atoms with Crippen LogP contribution in [0.25, 0.3) is 0 Å². The molecule has 1 saturated heterocycles. The van der Waals surface area contributed by atoms with Crippen LogP contribution in [0.4, 0.5) is 0 Å². The molecule has 1 amide bonds. The Morgan fingerprint density at radius 2 is 2.00 bits per heavy atom. The molecule has 0 radical (unpaired) electrons. The van der Waals surface area contributed by atoms with Gasteiger partial charge in [-0.05, 0) is 51.5 Å². The highest BCUT2D eigenvalue weighted by Gasteiger charge is 2.26. The Balaban J connectivity index is 2.28. The monoisotopic (exact) mass is 297 g/mol. The predicted molar refractivity (Wildman–Crippen MR) is 89.1 cm³/mol. The van der Waals surface area contributed by atoms with Crippen molar-refractivity contribution in [3.63, 3.8) is 0 Å². The van der Waals surface area contributed by atoms with Crippen LogP contribution < -0.4 is 11.1 Å². The normalized spacial score (nSPS) is 25.0. The summed E-state index contributed by atoms with van der Waals surface area (Å²) in [6.45, 7) is 11.0. The van der Waals surface area contributed by atoms with Crippen molar-refractivity contribution >= 4 is 5.91 Å². The Labute approximate surface area is 130 Å². The molecular formula is C17H35N3O. The first-order valence-corrected chi connectivity index (χ1v) is 8.65. The highest BCUT2D eigenvalue weighted by atomic mass is 16.2. The number of amides is 1. The van der Waals surface area contributed by atoms with Crippen molar-refractivity contribution in [3.8, 4) is 0 Å². The van der Waals surface area contributed by atoms with Gasteiger partial charge in [-0.15, -0.1) is 0 Å². The maximum atomic E-state index is 12.2. The van der Waals surface area contributed by atoms with Gasteiger partial charge in [-0.1, -0.05) is 26.7 Å². The van der Waals surface area contributed by atoms with Crippen LogP contribution in [-0.4, -0.2) is 42.5 Å². The van der Waals surface area contributed by atoms with Gasteiger partial charge in [-0.25, -0.2) is 0 Å². The molecule has 1 fully saturated rings. The number of piperidine rings is 1. The molecular weight excluding hydrogens is 262 g/mol. The number of nitrogens with two attached hydrogens (primary N) is 1. The van der Waals surface area contributed by atoms with Gasteiger partial charge in [-0.3, -0.25) is 9.69 Å². The molecule has 21 heavy (non-hydrogen) atoms. The summed E-state index contributed by atoms with van der Waals surface area (Å²) in [7, 11) is 0. The first-order valence-electron chi connectivity index (χ1n) is 8.65. The Morgan fingerprint density at radius 3 is 2.62 bits per heavy atom. The molecule has 1 aliphatic rings. The molecule has 3 unspecified atom stereocenters. The van der Waals surface area contributed by atoms with Crippen molar-refractivity contribution in [1.29, 1.82) is 0 Å². The van der Waals surface area contributed by atoms with Crippen LogP contribution in [-0.2, 0) is 4.79 Å². The summed E-state index contributed by atoms with van der Waals surface area (Å²) >= 11 is 0. The molecule has 1 heterocycles. The summed E-state index contributed by atoms with van der Waals surface area (Å²) in [5, 5.41) is 3.14. The smallest absolute Gasteiger partial charge is 0.234 e. The fourth-order valence-electron chi connectivity index (χ4n) is 3.08. The lowest BCUT2D eigenvalue weighted by Gasteiger charge is -2.37. The molecule has 4 nitrogen and oxygen atoms in total. The van der Waals surface area contributed by atoms with Gasteiger partial charge in [0.2, 0.25) is 5.91 Å². The summed E-state index contributed by atoms with van der Waals surface area (Å²) in [6, 6.07) is 0.774. The maximum absolute atomic E-state index is 12.2. The van der Waals surface area contributed by atoms with Crippen molar-refractivity contribution in [3.05, 3.63) is 0 Å². The van der Waals surface area contributed by atoms with E-state index in [4.69, 9.17) is 5.73 Å². The van der Waals surface area contributed by atoms with Crippen molar-refractivity contribution in [2.24, 2.45) is 17.6 Å². The van der Waals surface area contributed by atoms with Crippen molar-refractivity contribution < 1.29 is 4.79 Å². The van der Waals surface area contributed by atoms with Gasteiger partial charge in [0.15, 0.2) is 0 Å². The van der Waals surface area contributed by atoms with Crippen LogP contribution in [0.2, 0.25) is 0 Å². The first-order chi connectivity index (χ1) is 9.92. The van der Waals surface area contributed by atoms with Crippen molar-refractivity contribution in [2.45, 2.75) is 71.9 Å². The van der Waals surface area contributed by atoms with E-state index in [9.17, 15) is 4.79 Å². The summed E-state index contributed by atoms with van der Waals surface area (Å²) in [5.41, 5.74) is 5.77. The van der Waals surface area contributed by atoms with Crippen LogP contribution in [0, 0.1) is 11.8 Å². The lowest BCUT2D eigenvalue weighted by Crippen LogP contribution is -2.49. The standard InChI is InChI=1S/C17H35N3O/c1-13(2)6-5-7-14(3)19-17(21)12-20-11-16(10-18)9-8-15(20)4/h13-16H,5-12,18H2,1-4H3,(H,19,21). The van der Waals surface area contributed by atoms with Gasteiger partial charge in [0, 0.05) is 18.6 Å². The second kappa shape index (κ2) is 9.42. The molecule has 4 heteroatoms. The summed E-state index contributed by atoms with van der Waals surface area (Å²) in [4.78, 5) is 14.5. The van der Waals surface area contributed by atoms with Crippen molar-refractivity contribution in [1.82, 2.24) is 10.2 Å². The lowest BCUT2D eigenvalue weighted by molar-refractivity contribution is -0.124. The van der Waals surface area contributed by atoms with E-state index < -0.39 is 0 Å². The molecule has 0 spiro atoms. The highest BCUT2D eigenvalue weighted by molar-refractivity contribution is 5.78. The number of carbonyl (C=O) groups excluding carboxylic acids is 1. The largest absolute Gasteiger partial charge is 0.353 e. The molecule has 0 aromatic heterocycles. The minimum atomic E-state index is 0.163. The second-order valence-electron chi connectivity index (χ2n) is 7.25. The molecule has 0 bridgehead atoms. The average molecular weight is 297 g/mol. The van der Waals surface area contributed by atoms with Crippen LogP contribution >= 0.6 is 0 Å². The molecule has 1 aliphatic heterocycles. The van der Waals surface area contributed by atoms with Gasteiger partial charge >= 0.3 is 0 Å². The fourth-order valence-corrected chi connectivity index (χ4v) is 3.08. The molecule has 1 rings (SSSR count). The first kappa shape index (κ1) is 18.4. The molecule has 0 aliphatic carbocycles. The molecule has 124 valence electrons. The third-order valence-corrected chi connectivity index (χ3v) is 4.61. The Hall–Kier alpha value is -0.610. The van der Waals surface area contributed by atoms with Gasteiger partial charge < -0.3 is 11.1 Å². The molecule has 0 saturated carbocycles. The molecule has 0 aromatic rings. The summed E-state index contributed by atoms with van der Waals surface area (Å²) in [6.07, 6.45) is 5.85. The minimum Gasteiger partial charge on any atom is -0.353 e. The quantitative estimate of drug-likeness (QED) is 0.723. The molecule has 0 aromatic carbocycles. The number of nitrogens with one attached hydrogen (secondary N) is 1. The molecule has 3 atom stereocenters. The zero-order valence-corrected chi connectivity index (χ0v) is 14.4. The third kappa shape index (κ3) is 7.28. The second-order valence-corrected chi connectivity index (χ2v) is 7.25. The van der Waals surface area contributed by atoms with E-state index in [1.165, 1.54) is 19.3 Å². The zero-order chi connectivity index (χ0) is 15.8. The minimum absolute atomic E-state index is 0.163. The number of nitrogens with zero attached hydrogens (tertiary/aromatic N) is 1. The van der Waals surface area contributed by atoms with Gasteiger partial charge in [0.25, 0.3) is 0 Å². The zero-order valence-electron chi connectivity index (χ0n) is 14.4. The predicted octanol–water partition coefficient (Wildman–Crippen LogP) is 2.38. The Morgan fingerprint density at radius 1 is 1.29 bits per heavy atom. The lowest BCUT2D eigenvalue weighted by atomic mass is 9.93. The van der Waals surface area contributed by atoms with Crippen LogP contribution in [0.1, 0.15) is 59.8 Å². The van der Waals surface area contributed by atoms with E-state index in [1.54, 1.807) is 0 Å². The Kier molecular flexibility index (Phi) is 8.27. The van der Waals surface area contributed by atoms with E-state index in [1.807, 2.05) is 0 Å². The summed E-state index contributed by atoms with van der Waals surface area (Å²) < 4.78 is 0. The average Bonchev–Trinajstić information content (AvgIpc) is 2.40. The number of likely N-dealkylation sites (tertiary alicyclic amines) is 1. The van der Waals surface area contributed by atoms with E-state index >= 15 is 0 Å². The third-order valence-electron chi connectivity index (χ3n) is 4.61. The summed E-state index contributed by atoms with van der Waals surface area (Å²) in [5.74, 6) is 1.46. The van der Waals surface area contributed by atoms with E-state index in [0.29, 0.717) is 18.5 Å².